The highest BCUT2D eigenvalue weighted by Crippen LogP contribution is 2.23. The minimum Gasteiger partial charge on any atom is -0.481 e. The topological polar surface area (TPSA) is 69.6 Å². The summed E-state index contributed by atoms with van der Waals surface area (Å²) in [6, 6.07) is 9.64. The first-order valence-electron chi connectivity index (χ1n) is 7.39. The van der Waals surface area contributed by atoms with Crippen LogP contribution in [0, 0.1) is 5.92 Å². The van der Waals surface area contributed by atoms with E-state index in [-0.39, 0.29) is 24.8 Å². The summed E-state index contributed by atoms with van der Waals surface area (Å²) in [7, 11) is 0. The number of carbonyl (C=O) groups excluding carboxylic acids is 1. The Balaban J connectivity index is 2.14. The highest BCUT2D eigenvalue weighted by Gasteiger charge is 2.29. The number of carboxylic acid groups (broad SMARTS) is 1. The summed E-state index contributed by atoms with van der Waals surface area (Å²) in [6.07, 6.45) is 1.57. The van der Waals surface area contributed by atoms with Gasteiger partial charge in [0.1, 0.15) is 0 Å². The van der Waals surface area contributed by atoms with Gasteiger partial charge in [-0.25, -0.2) is 0 Å². The summed E-state index contributed by atoms with van der Waals surface area (Å²) in [5.41, 5.74) is 0.773. The summed E-state index contributed by atoms with van der Waals surface area (Å²) in [4.78, 5) is 25.2. The molecule has 2 N–H and O–H groups in total. The fraction of sp³-hybridized carbons (Fsp3) is 0.500. The Morgan fingerprint density at radius 3 is 2.67 bits per heavy atom. The summed E-state index contributed by atoms with van der Waals surface area (Å²) in [5.74, 6) is -0.881. The molecule has 0 saturated carbocycles. The molecule has 0 spiro atoms. The van der Waals surface area contributed by atoms with Crippen LogP contribution in [0.25, 0.3) is 0 Å². The third-order valence-electron chi connectivity index (χ3n) is 3.86. The van der Waals surface area contributed by atoms with Gasteiger partial charge in [0.25, 0.3) is 0 Å². The molecule has 21 heavy (non-hydrogen) atoms. The molecule has 0 aromatic heterocycles. The van der Waals surface area contributed by atoms with E-state index in [0.29, 0.717) is 6.04 Å². The minimum absolute atomic E-state index is 0.0322. The lowest BCUT2D eigenvalue weighted by atomic mass is 9.91. The van der Waals surface area contributed by atoms with E-state index >= 15 is 0 Å². The fourth-order valence-corrected chi connectivity index (χ4v) is 2.76. The number of para-hydroxylation sites is 1. The van der Waals surface area contributed by atoms with E-state index in [1.807, 2.05) is 30.3 Å². The molecule has 2 atom stereocenters. The Morgan fingerprint density at radius 1 is 1.33 bits per heavy atom. The average molecular weight is 290 g/mol. The molecule has 1 fully saturated rings. The molecule has 1 heterocycles. The normalized spacial score (nSPS) is 21.8. The molecule has 1 aliphatic rings. The third-order valence-corrected chi connectivity index (χ3v) is 3.86. The Bertz CT molecular complexity index is 490. The number of amides is 1. The fourth-order valence-electron chi connectivity index (χ4n) is 2.76. The second-order valence-electron chi connectivity index (χ2n) is 5.55. The number of rotatable bonds is 5. The second-order valence-corrected chi connectivity index (χ2v) is 5.55. The number of aliphatic carboxylic acids is 1. The van der Waals surface area contributed by atoms with Gasteiger partial charge in [0.15, 0.2) is 0 Å². The number of nitrogens with zero attached hydrogens (tertiary/aromatic N) is 1. The summed E-state index contributed by atoms with van der Waals surface area (Å²) in [5, 5.41) is 12.2. The SMILES string of the molecule is CC1CC(C(=O)N(CCC(=O)O)c2ccccc2)CCN1. The van der Waals surface area contributed by atoms with Crippen LogP contribution in [0.4, 0.5) is 5.69 Å². The van der Waals surface area contributed by atoms with Crippen molar-refractivity contribution in [3.05, 3.63) is 30.3 Å². The minimum atomic E-state index is -0.887. The summed E-state index contributed by atoms with van der Waals surface area (Å²) >= 11 is 0. The van der Waals surface area contributed by atoms with Crippen molar-refractivity contribution < 1.29 is 14.7 Å². The van der Waals surface area contributed by atoms with Crippen LogP contribution < -0.4 is 10.2 Å². The molecule has 0 aliphatic carbocycles. The van der Waals surface area contributed by atoms with Gasteiger partial charge in [-0.2, -0.15) is 0 Å². The van der Waals surface area contributed by atoms with Gasteiger partial charge in [0.05, 0.1) is 6.42 Å². The molecule has 0 bridgehead atoms. The van der Waals surface area contributed by atoms with Crippen molar-refractivity contribution in [3.8, 4) is 0 Å². The van der Waals surface area contributed by atoms with Crippen LogP contribution in [-0.4, -0.2) is 36.1 Å². The second kappa shape index (κ2) is 7.22. The molecule has 1 aromatic rings. The van der Waals surface area contributed by atoms with Gasteiger partial charge in [-0.15, -0.1) is 0 Å². The number of hydrogen-bond donors (Lipinski definition) is 2. The van der Waals surface area contributed by atoms with Crippen LogP contribution in [0.5, 0.6) is 0 Å². The Morgan fingerprint density at radius 2 is 2.05 bits per heavy atom. The van der Waals surface area contributed by atoms with Gasteiger partial charge < -0.3 is 15.3 Å². The van der Waals surface area contributed by atoms with E-state index < -0.39 is 5.97 Å². The zero-order valence-electron chi connectivity index (χ0n) is 12.3. The maximum absolute atomic E-state index is 12.8. The molecule has 5 nitrogen and oxygen atoms in total. The number of benzene rings is 1. The maximum Gasteiger partial charge on any atom is 0.305 e. The number of nitrogens with one attached hydrogen (secondary N) is 1. The average Bonchev–Trinajstić information content (AvgIpc) is 2.48. The molecular formula is C16H22N2O3. The van der Waals surface area contributed by atoms with Gasteiger partial charge in [0, 0.05) is 24.2 Å². The smallest absolute Gasteiger partial charge is 0.305 e. The highest BCUT2D eigenvalue weighted by molar-refractivity contribution is 5.95. The van der Waals surface area contributed by atoms with Gasteiger partial charge in [0.2, 0.25) is 5.91 Å². The quantitative estimate of drug-likeness (QED) is 0.868. The zero-order valence-corrected chi connectivity index (χ0v) is 12.3. The van der Waals surface area contributed by atoms with Crippen LogP contribution in [-0.2, 0) is 9.59 Å². The molecule has 114 valence electrons. The Labute approximate surface area is 125 Å². The van der Waals surface area contributed by atoms with E-state index in [1.165, 1.54) is 0 Å². The van der Waals surface area contributed by atoms with Crippen molar-refractivity contribution in [1.82, 2.24) is 5.32 Å². The molecule has 1 aromatic carbocycles. The van der Waals surface area contributed by atoms with Gasteiger partial charge in [-0.1, -0.05) is 18.2 Å². The lowest BCUT2D eigenvalue weighted by Crippen LogP contribution is -2.45. The molecule has 1 amide bonds. The summed E-state index contributed by atoms with van der Waals surface area (Å²) in [6.45, 7) is 3.12. The molecule has 2 unspecified atom stereocenters. The Kier molecular flexibility index (Phi) is 5.33. The number of carbonyl (C=O) groups is 2. The van der Waals surface area contributed by atoms with Crippen LogP contribution in [0.2, 0.25) is 0 Å². The van der Waals surface area contributed by atoms with Gasteiger partial charge in [-0.3, -0.25) is 9.59 Å². The van der Waals surface area contributed by atoms with Gasteiger partial charge >= 0.3 is 5.97 Å². The van der Waals surface area contributed by atoms with Crippen molar-refractivity contribution in [2.24, 2.45) is 5.92 Å². The lowest BCUT2D eigenvalue weighted by molar-refractivity contribution is -0.136. The number of carboxylic acids is 1. The maximum atomic E-state index is 12.8. The van der Waals surface area contributed by atoms with Crippen LogP contribution in [0.3, 0.4) is 0 Å². The predicted molar refractivity (Wildman–Crippen MR) is 81.2 cm³/mol. The largest absolute Gasteiger partial charge is 0.481 e. The van der Waals surface area contributed by atoms with Crippen LogP contribution in [0.15, 0.2) is 30.3 Å². The first-order valence-corrected chi connectivity index (χ1v) is 7.39. The van der Waals surface area contributed by atoms with E-state index in [4.69, 9.17) is 5.11 Å². The van der Waals surface area contributed by atoms with E-state index in [9.17, 15) is 9.59 Å². The number of hydrogen-bond acceptors (Lipinski definition) is 3. The monoisotopic (exact) mass is 290 g/mol. The molecule has 1 saturated heterocycles. The van der Waals surface area contributed by atoms with E-state index in [0.717, 1.165) is 25.1 Å². The van der Waals surface area contributed by atoms with Crippen molar-refractivity contribution in [3.63, 3.8) is 0 Å². The predicted octanol–water partition coefficient (Wildman–Crippen LogP) is 1.88. The van der Waals surface area contributed by atoms with Crippen molar-refractivity contribution in [2.45, 2.75) is 32.2 Å². The van der Waals surface area contributed by atoms with Crippen LogP contribution in [0.1, 0.15) is 26.2 Å². The van der Waals surface area contributed by atoms with Crippen molar-refractivity contribution in [1.29, 1.82) is 0 Å². The molecule has 0 radical (unpaired) electrons. The van der Waals surface area contributed by atoms with Crippen molar-refractivity contribution >= 4 is 17.6 Å². The van der Waals surface area contributed by atoms with Crippen molar-refractivity contribution in [2.75, 3.05) is 18.0 Å². The van der Waals surface area contributed by atoms with E-state index in [2.05, 4.69) is 12.2 Å². The first kappa shape index (κ1) is 15.5. The Hall–Kier alpha value is -1.88. The summed E-state index contributed by atoms with van der Waals surface area (Å²) < 4.78 is 0. The number of piperidine rings is 1. The first-order chi connectivity index (χ1) is 10.1. The van der Waals surface area contributed by atoms with E-state index in [1.54, 1.807) is 4.90 Å². The standard InChI is InChI=1S/C16H22N2O3/c1-12-11-13(7-9-17-12)16(21)18(10-8-15(19)20)14-5-3-2-4-6-14/h2-6,12-13,17H,7-11H2,1H3,(H,19,20). The molecular weight excluding hydrogens is 268 g/mol. The zero-order chi connectivity index (χ0) is 15.2. The van der Waals surface area contributed by atoms with Crippen LogP contribution >= 0.6 is 0 Å². The molecule has 5 heteroatoms. The lowest BCUT2D eigenvalue weighted by Gasteiger charge is -2.32. The molecule has 2 rings (SSSR count). The number of anilines is 1. The highest BCUT2D eigenvalue weighted by atomic mass is 16.4. The molecule has 1 aliphatic heterocycles. The third kappa shape index (κ3) is 4.29. The van der Waals surface area contributed by atoms with Gasteiger partial charge in [-0.05, 0) is 38.4 Å².